The molecule has 1 N–H and O–H groups in total. The first-order chi connectivity index (χ1) is 8.43. The van der Waals surface area contributed by atoms with Gasteiger partial charge in [-0.15, -0.1) is 0 Å². The van der Waals surface area contributed by atoms with Crippen LogP contribution in [0.3, 0.4) is 0 Å². The molecule has 88 valence electrons. The highest BCUT2D eigenvalue weighted by Crippen LogP contribution is 2.23. The topological polar surface area (TPSA) is 28.7 Å². The van der Waals surface area contributed by atoms with Crippen LogP contribution in [-0.2, 0) is 19.3 Å². The number of benzene rings is 1. The molecule has 2 aromatic rings. The van der Waals surface area contributed by atoms with Gasteiger partial charge in [0.15, 0.2) is 0 Å². The zero-order valence-corrected chi connectivity index (χ0v) is 10.1. The van der Waals surface area contributed by atoms with E-state index in [-0.39, 0.29) is 0 Å². The minimum Gasteiger partial charge on any atom is -0.282 e. The Hall–Kier alpha value is -1.57. The Morgan fingerprint density at radius 3 is 2.71 bits per heavy atom. The van der Waals surface area contributed by atoms with E-state index in [1.54, 1.807) is 0 Å². The molecule has 0 bridgehead atoms. The first-order valence-electron chi connectivity index (χ1n) is 6.52. The number of aromatic amines is 1. The van der Waals surface area contributed by atoms with Gasteiger partial charge >= 0.3 is 0 Å². The van der Waals surface area contributed by atoms with Gasteiger partial charge in [-0.1, -0.05) is 36.8 Å². The molecule has 0 fully saturated rings. The Morgan fingerprint density at radius 1 is 1.00 bits per heavy atom. The number of hydrogen-bond acceptors (Lipinski definition) is 1. The minimum atomic E-state index is 0.965. The van der Waals surface area contributed by atoms with Crippen LogP contribution in [0.1, 0.15) is 41.8 Å². The van der Waals surface area contributed by atoms with Gasteiger partial charge in [-0.25, -0.2) is 0 Å². The average Bonchev–Trinajstić information content (AvgIpc) is 2.61. The van der Waals surface area contributed by atoms with E-state index in [1.165, 1.54) is 54.6 Å². The Balaban J connectivity index is 1.86. The van der Waals surface area contributed by atoms with E-state index in [4.69, 9.17) is 0 Å². The van der Waals surface area contributed by atoms with Gasteiger partial charge in [-0.05, 0) is 36.8 Å². The predicted molar refractivity (Wildman–Crippen MR) is 69.1 cm³/mol. The second-order valence-electron chi connectivity index (χ2n) is 4.85. The van der Waals surface area contributed by atoms with Crippen LogP contribution >= 0.6 is 0 Å². The van der Waals surface area contributed by atoms with Gasteiger partial charge in [0, 0.05) is 12.1 Å². The summed E-state index contributed by atoms with van der Waals surface area (Å²) in [4.78, 5) is 0. The second-order valence-corrected chi connectivity index (χ2v) is 4.85. The summed E-state index contributed by atoms with van der Waals surface area (Å²) in [5.41, 5.74) is 5.49. The van der Waals surface area contributed by atoms with Crippen LogP contribution in [0.2, 0.25) is 0 Å². The van der Waals surface area contributed by atoms with Crippen molar-refractivity contribution in [2.75, 3.05) is 0 Å². The maximum Gasteiger partial charge on any atom is 0.0700 e. The molecule has 1 aromatic carbocycles. The van der Waals surface area contributed by atoms with Crippen LogP contribution in [0.25, 0.3) is 0 Å². The minimum absolute atomic E-state index is 0.965. The van der Waals surface area contributed by atoms with Crippen molar-refractivity contribution in [3.63, 3.8) is 0 Å². The summed E-state index contributed by atoms with van der Waals surface area (Å²) < 4.78 is 0. The number of fused-ring (bicyclic) bond motifs is 1. The van der Waals surface area contributed by atoms with E-state index in [0.29, 0.717) is 0 Å². The molecule has 0 spiro atoms. The standard InChI is InChI=1S/C15H18N2/c1-3-7-12(8-4-1)11-15-13-9-5-2-6-10-14(13)16-17-15/h1,3-4,7-8H,2,5-6,9-11H2,(H,16,17). The molecule has 17 heavy (non-hydrogen) atoms. The molecule has 3 rings (SSSR count). The van der Waals surface area contributed by atoms with Crippen LogP contribution in [0.15, 0.2) is 30.3 Å². The molecule has 0 atom stereocenters. The molecule has 1 heterocycles. The van der Waals surface area contributed by atoms with Gasteiger partial charge in [0.2, 0.25) is 0 Å². The number of nitrogens with one attached hydrogen (secondary N) is 1. The SMILES string of the molecule is c1ccc(Cc2n[nH]c3c2CCCCC3)cc1. The van der Waals surface area contributed by atoms with Crippen LogP contribution in [0, 0.1) is 0 Å². The maximum absolute atomic E-state index is 4.51. The third kappa shape index (κ3) is 2.26. The number of rotatable bonds is 2. The molecule has 0 saturated heterocycles. The van der Waals surface area contributed by atoms with Crippen molar-refractivity contribution in [2.45, 2.75) is 38.5 Å². The van der Waals surface area contributed by atoms with Gasteiger partial charge < -0.3 is 0 Å². The van der Waals surface area contributed by atoms with Gasteiger partial charge in [-0.2, -0.15) is 5.10 Å². The number of nitrogens with zero attached hydrogens (tertiary/aromatic N) is 1. The third-order valence-electron chi connectivity index (χ3n) is 3.61. The van der Waals surface area contributed by atoms with E-state index in [0.717, 1.165) is 6.42 Å². The summed E-state index contributed by atoms with van der Waals surface area (Å²) >= 11 is 0. The fourth-order valence-electron chi connectivity index (χ4n) is 2.66. The van der Waals surface area contributed by atoms with Crippen molar-refractivity contribution in [1.29, 1.82) is 0 Å². The molecular weight excluding hydrogens is 208 g/mol. The summed E-state index contributed by atoms with van der Waals surface area (Å²) in [5.74, 6) is 0. The van der Waals surface area contributed by atoms with E-state index in [2.05, 4.69) is 40.5 Å². The lowest BCUT2D eigenvalue weighted by Crippen LogP contribution is -1.94. The van der Waals surface area contributed by atoms with E-state index in [9.17, 15) is 0 Å². The number of hydrogen-bond donors (Lipinski definition) is 1. The molecule has 0 saturated carbocycles. The fourth-order valence-corrected chi connectivity index (χ4v) is 2.66. The molecule has 1 aliphatic rings. The molecular formula is C15H18N2. The van der Waals surface area contributed by atoms with Crippen molar-refractivity contribution in [3.8, 4) is 0 Å². The van der Waals surface area contributed by atoms with Gasteiger partial charge in [0.1, 0.15) is 0 Å². The second kappa shape index (κ2) is 4.74. The molecule has 0 unspecified atom stereocenters. The first-order valence-corrected chi connectivity index (χ1v) is 6.52. The number of H-pyrrole nitrogens is 1. The molecule has 0 amide bonds. The van der Waals surface area contributed by atoms with Crippen LogP contribution in [-0.4, -0.2) is 10.2 Å². The molecule has 2 heteroatoms. The Morgan fingerprint density at radius 2 is 1.82 bits per heavy atom. The van der Waals surface area contributed by atoms with Gasteiger partial charge in [-0.3, -0.25) is 5.10 Å². The molecule has 1 aliphatic carbocycles. The number of aryl methyl sites for hydroxylation is 1. The van der Waals surface area contributed by atoms with Gasteiger partial charge in [0.05, 0.1) is 5.69 Å². The molecule has 1 aromatic heterocycles. The zero-order valence-electron chi connectivity index (χ0n) is 10.1. The maximum atomic E-state index is 4.51. The van der Waals surface area contributed by atoms with Crippen molar-refractivity contribution in [1.82, 2.24) is 10.2 Å². The Labute approximate surface area is 102 Å². The quantitative estimate of drug-likeness (QED) is 0.782. The summed E-state index contributed by atoms with van der Waals surface area (Å²) in [5, 5.41) is 7.75. The van der Waals surface area contributed by atoms with E-state index < -0.39 is 0 Å². The normalized spacial score (nSPS) is 15.3. The number of aromatic nitrogens is 2. The molecule has 0 aliphatic heterocycles. The summed E-state index contributed by atoms with van der Waals surface area (Å²) in [7, 11) is 0. The Kier molecular flexibility index (Phi) is 2.95. The fraction of sp³-hybridized carbons (Fsp3) is 0.400. The zero-order chi connectivity index (χ0) is 11.5. The highest BCUT2D eigenvalue weighted by molar-refractivity contribution is 5.31. The van der Waals surface area contributed by atoms with Crippen molar-refractivity contribution < 1.29 is 0 Å². The first kappa shape index (κ1) is 10.6. The van der Waals surface area contributed by atoms with Crippen molar-refractivity contribution in [3.05, 3.63) is 52.8 Å². The van der Waals surface area contributed by atoms with Crippen LogP contribution in [0.4, 0.5) is 0 Å². The lowest BCUT2D eigenvalue weighted by atomic mass is 10.0. The van der Waals surface area contributed by atoms with E-state index >= 15 is 0 Å². The smallest absolute Gasteiger partial charge is 0.0700 e. The lowest BCUT2D eigenvalue weighted by Gasteiger charge is -2.02. The Bertz CT molecular complexity index is 485. The van der Waals surface area contributed by atoms with Gasteiger partial charge in [0.25, 0.3) is 0 Å². The summed E-state index contributed by atoms with van der Waals surface area (Å²) in [6.07, 6.45) is 7.32. The third-order valence-corrected chi connectivity index (χ3v) is 3.61. The predicted octanol–water partition coefficient (Wildman–Crippen LogP) is 3.27. The summed E-state index contributed by atoms with van der Waals surface area (Å²) in [6, 6.07) is 10.6. The summed E-state index contributed by atoms with van der Waals surface area (Å²) in [6.45, 7) is 0. The molecule has 2 nitrogen and oxygen atoms in total. The molecule has 0 radical (unpaired) electrons. The highest BCUT2D eigenvalue weighted by Gasteiger charge is 2.15. The van der Waals surface area contributed by atoms with Crippen LogP contribution < -0.4 is 0 Å². The van der Waals surface area contributed by atoms with Crippen LogP contribution in [0.5, 0.6) is 0 Å². The largest absolute Gasteiger partial charge is 0.282 e. The van der Waals surface area contributed by atoms with Crippen molar-refractivity contribution >= 4 is 0 Å². The van der Waals surface area contributed by atoms with Crippen molar-refractivity contribution in [2.24, 2.45) is 0 Å². The monoisotopic (exact) mass is 226 g/mol. The average molecular weight is 226 g/mol. The van der Waals surface area contributed by atoms with E-state index in [1.807, 2.05) is 0 Å². The highest BCUT2D eigenvalue weighted by atomic mass is 15.1. The lowest BCUT2D eigenvalue weighted by molar-refractivity contribution is 0.699.